The Bertz CT molecular complexity index is 848. The lowest BCUT2D eigenvalue weighted by atomic mass is 10.0. The zero-order valence-corrected chi connectivity index (χ0v) is 14.5. The van der Waals surface area contributed by atoms with Crippen LogP contribution < -0.4 is 10.5 Å². The van der Waals surface area contributed by atoms with Gasteiger partial charge in [0.1, 0.15) is 5.75 Å². The highest BCUT2D eigenvalue weighted by molar-refractivity contribution is 5.92. The second kappa shape index (κ2) is 7.85. The van der Waals surface area contributed by atoms with Gasteiger partial charge < -0.3 is 15.4 Å². The van der Waals surface area contributed by atoms with E-state index in [1.54, 1.807) is 15.8 Å². The second-order valence-electron chi connectivity index (χ2n) is 6.28. The molecule has 1 atom stereocenters. The summed E-state index contributed by atoms with van der Waals surface area (Å²) < 4.78 is 6.95. The van der Waals surface area contributed by atoms with Crippen LogP contribution in [0.5, 0.6) is 5.75 Å². The average molecular weight is 373 g/mol. The molecule has 0 radical (unpaired) electrons. The highest BCUT2D eigenvalue weighted by atomic mass is 16.6. The molecule has 1 fully saturated rings. The summed E-state index contributed by atoms with van der Waals surface area (Å²) in [6.07, 6.45) is 5.03. The number of hydrogen-bond acceptors (Lipinski definition) is 6. The van der Waals surface area contributed by atoms with Crippen LogP contribution >= 0.6 is 0 Å². The van der Waals surface area contributed by atoms with Gasteiger partial charge in [-0.05, 0) is 31.4 Å². The number of nitro groups is 1. The number of nitrogens with two attached hydrogens (primary N) is 1. The molecule has 2 N–H and O–H groups in total. The first-order valence-electron chi connectivity index (χ1n) is 8.49. The Labute approximate surface area is 154 Å². The van der Waals surface area contributed by atoms with Crippen LogP contribution in [0.2, 0.25) is 0 Å². The predicted octanol–water partition coefficient (Wildman–Crippen LogP) is 1.94. The number of piperidine rings is 1. The highest BCUT2D eigenvalue weighted by Crippen LogP contribution is 2.22. The molecule has 1 aliphatic heterocycles. The van der Waals surface area contributed by atoms with Gasteiger partial charge in [0.05, 0.1) is 29.3 Å². The van der Waals surface area contributed by atoms with Gasteiger partial charge in [-0.25, -0.2) is 4.79 Å². The Kier molecular flexibility index (Phi) is 5.34. The summed E-state index contributed by atoms with van der Waals surface area (Å²) in [5, 5.41) is 14.8. The topological polar surface area (TPSA) is 134 Å². The molecule has 1 aromatic carbocycles. The first kappa shape index (κ1) is 18.4. The highest BCUT2D eigenvalue weighted by Gasteiger charge is 2.29. The van der Waals surface area contributed by atoms with E-state index in [0.717, 1.165) is 19.3 Å². The first-order chi connectivity index (χ1) is 12.9. The molecule has 1 aliphatic rings. The monoisotopic (exact) mass is 373 g/mol. The van der Waals surface area contributed by atoms with E-state index in [4.69, 9.17) is 10.5 Å². The van der Waals surface area contributed by atoms with E-state index >= 15 is 0 Å². The van der Waals surface area contributed by atoms with Crippen molar-refractivity contribution in [3.63, 3.8) is 0 Å². The van der Waals surface area contributed by atoms with Crippen LogP contribution in [0.3, 0.4) is 0 Å². The number of likely N-dealkylation sites (tertiary alicyclic amines) is 1. The van der Waals surface area contributed by atoms with Gasteiger partial charge in [0, 0.05) is 24.9 Å². The van der Waals surface area contributed by atoms with Crippen LogP contribution in [0.4, 0.5) is 10.5 Å². The van der Waals surface area contributed by atoms with Crippen LogP contribution in [0, 0.1) is 10.1 Å². The number of aromatic nitrogens is 2. The smallest absolute Gasteiger partial charge is 0.410 e. The largest absolute Gasteiger partial charge is 0.415 e. The molecule has 0 spiro atoms. The molecule has 1 saturated heterocycles. The van der Waals surface area contributed by atoms with Crippen molar-refractivity contribution in [2.24, 2.45) is 5.73 Å². The number of carbonyl (C=O) groups excluding carboxylic acids is 2. The minimum atomic E-state index is -0.556. The summed E-state index contributed by atoms with van der Waals surface area (Å²) in [5.41, 5.74) is 5.47. The number of non-ortho nitro benzene ring substituents is 1. The molecule has 0 saturated carbocycles. The average Bonchev–Trinajstić information content (AvgIpc) is 3.11. The van der Waals surface area contributed by atoms with Crippen molar-refractivity contribution in [1.82, 2.24) is 14.7 Å². The second-order valence-corrected chi connectivity index (χ2v) is 6.28. The third-order valence-corrected chi connectivity index (χ3v) is 4.43. The molecule has 27 heavy (non-hydrogen) atoms. The fourth-order valence-electron chi connectivity index (χ4n) is 3.03. The lowest BCUT2D eigenvalue weighted by Crippen LogP contribution is -2.47. The Morgan fingerprint density at radius 3 is 2.67 bits per heavy atom. The van der Waals surface area contributed by atoms with Gasteiger partial charge in [0.2, 0.25) is 0 Å². The van der Waals surface area contributed by atoms with E-state index < -0.39 is 16.9 Å². The number of benzene rings is 1. The maximum Gasteiger partial charge on any atom is 0.415 e. The molecular weight excluding hydrogens is 354 g/mol. The van der Waals surface area contributed by atoms with E-state index in [-0.39, 0.29) is 17.5 Å². The van der Waals surface area contributed by atoms with Crippen molar-refractivity contribution in [2.45, 2.75) is 31.8 Å². The number of nitrogens with zero attached hydrogens (tertiary/aromatic N) is 4. The van der Waals surface area contributed by atoms with Crippen molar-refractivity contribution in [3.05, 3.63) is 52.3 Å². The predicted molar refractivity (Wildman–Crippen MR) is 94.2 cm³/mol. The number of hydrogen-bond donors (Lipinski definition) is 1. The van der Waals surface area contributed by atoms with Gasteiger partial charge in [-0.1, -0.05) is 0 Å². The summed E-state index contributed by atoms with van der Waals surface area (Å²) >= 11 is 0. The molecule has 3 rings (SSSR count). The summed E-state index contributed by atoms with van der Waals surface area (Å²) in [6, 6.07) is 5.21. The molecule has 2 aromatic rings. The molecule has 2 heterocycles. The van der Waals surface area contributed by atoms with Crippen molar-refractivity contribution in [1.29, 1.82) is 0 Å². The number of amides is 2. The normalized spacial score (nSPS) is 16.7. The molecule has 10 heteroatoms. The molecule has 142 valence electrons. The molecular formula is C17H19N5O5. The number of primary amides is 1. The van der Waals surface area contributed by atoms with Crippen LogP contribution in [-0.2, 0) is 6.54 Å². The third-order valence-electron chi connectivity index (χ3n) is 4.43. The molecule has 0 aliphatic carbocycles. The van der Waals surface area contributed by atoms with Crippen molar-refractivity contribution >= 4 is 17.7 Å². The fraction of sp³-hybridized carbons (Fsp3) is 0.353. The summed E-state index contributed by atoms with van der Waals surface area (Å²) in [5.74, 6) is -0.315. The van der Waals surface area contributed by atoms with Crippen LogP contribution in [0.15, 0.2) is 36.7 Å². The molecule has 0 bridgehead atoms. The third kappa shape index (κ3) is 4.40. The van der Waals surface area contributed by atoms with E-state index in [0.29, 0.717) is 18.7 Å². The molecule has 10 nitrogen and oxygen atoms in total. The van der Waals surface area contributed by atoms with E-state index in [2.05, 4.69) is 5.10 Å². The Hall–Kier alpha value is -3.43. The van der Waals surface area contributed by atoms with Crippen LogP contribution in [0.25, 0.3) is 0 Å². The number of nitro benzene ring substituents is 1. The van der Waals surface area contributed by atoms with Gasteiger partial charge in [0.25, 0.3) is 11.6 Å². The minimum Gasteiger partial charge on any atom is -0.410 e. The number of rotatable bonds is 5. The van der Waals surface area contributed by atoms with Crippen molar-refractivity contribution in [2.75, 3.05) is 6.54 Å². The van der Waals surface area contributed by atoms with Gasteiger partial charge in [-0.3, -0.25) is 19.6 Å². The maximum atomic E-state index is 12.6. The van der Waals surface area contributed by atoms with Crippen LogP contribution in [-0.4, -0.2) is 44.2 Å². The zero-order valence-electron chi connectivity index (χ0n) is 14.5. The van der Waals surface area contributed by atoms with Gasteiger partial charge in [-0.15, -0.1) is 0 Å². The molecule has 2 amide bonds. The lowest BCUT2D eigenvalue weighted by Gasteiger charge is -2.34. The van der Waals surface area contributed by atoms with Gasteiger partial charge >= 0.3 is 6.09 Å². The van der Waals surface area contributed by atoms with E-state index in [1.165, 1.54) is 30.5 Å². The zero-order chi connectivity index (χ0) is 19.4. The van der Waals surface area contributed by atoms with Gasteiger partial charge in [0.15, 0.2) is 0 Å². The first-order valence-corrected chi connectivity index (χ1v) is 8.49. The Morgan fingerprint density at radius 2 is 2.04 bits per heavy atom. The van der Waals surface area contributed by atoms with E-state index in [9.17, 15) is 19.7 Å². The van der Waals surface area contributed by atoms with Crippen LogP contribution in [0.1, 0.15) is 29.6 Å². The van der Waals surface area contributed by atoms with Gasteiger partial charge in [-0.2, -0.15) is 5.10 Å². The van der Waals surface area contributed by atoms with E-state index in [1.807, 2.05) is 0 Å². The summed E-state index contributed by atoms with van der Waals surface area (Å²) in [4.78, 5) is 35.6. The number of ether oxygens (including phenoxy) is 1. The Balaban J connectivity index is 1.67. The number of carbonyl (C=O) groups is 2. The Morgan fingerprint density at radius 1 is 1.30 bits per heavy atom. The van der Waals surface area contributed by atoms with Crippen molar-refractivity contribution < 1.29 is 19.2 Å². The molecule has 1 unspecified atom stereocenters. The quantitative estimate of drug-likeness (QED) is 0.629. The fourth-order valence-corrected chi connectivity index (χ4v) is 3.03. The standard InChI is InChI=1S/C17H19N5O5/c18-16(23)12-9-19-20(10-12)11-14-3-1-2-8-21(14)17(24)27-15-6-4-13(5-7-15)22(25)26/h4-7,9-10,14H,1-3,8,11H2,(H2,18,23). The molecule has 1 aromatic heterocycles. The minimum absolute atomic E-state index is 0.0745. The lowest BCUT2D eigenvalue weighted by molar-refractivity contribution is -0.384. The SMILES string of the molecule is NC(=O)c1cnn(CC2CCCCN2C(=O)Oc2ccc([N+](=O)[O-])cc2)c1. The maximum absolute atomic E-state index is 12.6. The van der Waals surface area contributed by atoms with Crippen molar-refractivity contribution in [3.8, 4) is 5.75 Å². The summed E-state index contributed by atoms with van der Waals surface area (Å²) in [7, 11) is 0. The summed E-state index contributed by atoms with van der Waals surface area (Å²) in [6.45, 7) is 0.961.